The molecule has 25 heavy (non-hydrogen) atoms. The van der Waals surface area contributed by atoms with Crippen molar-refractivity contribution in [3.05, 3.63) is 0 Å². The summed E-state index contributed by atoms with van der Waals surface area (Å²) in [5.74, 6) is 0.803. The van der Waals surface area contributed by atoms with E-state index in [-0.39, 0.29) is 6.09 Å². The van der Waals surface area contributed by atoms with Crippen molar-refractivity contribution >= 4 is 12.1 Å². The molecule has 0 aliphatic carbocycles. The van der Waals surface area contributed by atoms with Crippen LogP contribution < -0.4 is 10.6 Å². The number of ether oxygens (including phenoxy) is 1. The Hall–Kier alpha value is -1.50. The molecule has 0 saturated carbocycles. The Morgan fingerprint density at radius 2 is 1.88 bits per heavy atom. The van der Waals surface area contributed by atoms with Crippen molar-refractivity contribution in [1.29, 1.82) is 0 Å². The van der Waals surface area contributed by atoms with Gasteiger partial charge in [-0.1, -0.05) is 6.42 Å². The SMILES string of the molecule is CCNC(=NCCN1CCCCC1)NCCN(C)C(=O)OC(C)(C)C. The molecule has 0 radical (unpaired) electrons. The summed E-state index contributed by atoms with van der Waals surface area (Å²) < 4.78 is 5.34. The number of amides is 1. The Bertz CT molecular complexity index is 414. The number of piperidine rings is 1. The summed E-state index contributed by atoms with van der Waals surface area (Å²) in [6, 6.07) is 0. The van der Waals surface area contributed by atoms with Gasteiger partial charge in [-0.15, -0.1) is 0 Å². The molecular formula is C18H37N5O2. The second-order valence-corrected chi connectivity index (χ2v) is 7.49. The first-order valence-electron chi connectivity index (χ1n) is 9.50. The molecule has 7 nitrogen and oxygen atoms in total. The van der Waals surface area contributed by atoms with Gasteiger partial charge in [-0.3, -0.25) is 4.99 Å². The van der Waals surface area contributed by atoms with Crippen LogP contribution in [0.25, 0.3) is 0 Å². The van der Waals surface area contributed by atoms with Crippen LogP contribution in [0.1, 0.15) is 47.0 Å². The van der Waals surface area contributed by atoms with Crippen molar-refractivity contribution in [1.82, 2.24) is 20.4 Å². The molecular weight excluding hydrogens is 318 g/mol. The molecule has 1 heterocycles. The van der Waals surface area contributed by atoms with E-state index in [1.54, 1.807) is 11.9 Å². The van der Waals surface area contributed by atoms with Gasteiger partial charge in [0.25, 0.3) is 0 Å². The van der Waals surface area contributed by atoms with Gasteiger partial charge in [-0.25, -0.2) is 4.79 Å². The fraction of sp³-hybridized carbons (Fsp3) is 0.889. The summed E-state index contributed by atoms with van der Waals surface area (Å²) in [7, 11) is 1.75. The maximum atomic E-state index is 11.9. The van der Waals surface area contributed by atoms with Crippen LogP contribution in [-0.4, -0.2) is 80.3 Å². The minimum absolute atomic E-state index is 0.304. The van der Waals surface area contributed by atoms with E-state index in [2.05, 4.69) is 27.4 Å². The van der Waals surface area contributed by atoms with E-state index in [1.165, 1.54) is 32.4 Å². The number of carbonyl (C=O) groups is 1. The smallest absolute Gasteiger partial charge is 0.410 e. The van der Waals surface area contributed by atoms with Crippen LogP contribution in [0.15, 0.2) is 4.99 Å². The van der Waals surface area contributed by atoms with Crippen LogP contribution in [0.2, 0.25) is 0 Å². The molecule has 1 saturated heterocycles. The van der Waals surface area contributed by atoms with E-state index in [4.69, 9.17) is 4.74 Å². The van der Waals surface area contributed by atoms with Crippen molar-refractivity contribution in [2.75, 3.05) is 52.9 Å². The normalized spacial score (nSPS) is 16.4. The van der Waals surface area contributed by atoms with Gasteiger partial charge in [0.15, 0.2) is 5.96 Å². The van der Waals surface area contributed by atoms with Crippen molar-refractivity contribution in [3.8, 4) is 0 Å². The number of hydrogen-bond donors (Lipinski definition) is 2. The molecule has 0 unspecified atom stereocenters. The minimum Gasteiger partial charge on any atom is -0.444 e. The average Bonchev–Trinajstić information content (AvgIpc) is 2.54. The van der Waals surface area contributed by atoms with Crippen molar-refractivity contribution in [2.45, 2.75) is 52.6 Å². The van der Waals surface area contributed by atoms with Crippen molar-refractivity contribution in [3.63, 3.8) is 0 Å². The van der Waals surface area contributed by atoms with Gasteiger partial charge in [0.2, 0.25) is 0 Å². The molecule has 146 valence electrons. The Balaban J connectivity index is 2.31. The Labute approximate surface area is 153 Å². The van der Waals surface area contributed by atoms with Gasteiger partial charge in [-0.2, -0.15) is 0 Å². The van der Waals surface area contributed by atoms with E-state index in [9.17, 15) is 4.79 Å². The quantitative estimate of drug-likeness (QED) is 0.539. The van der Waals surface area contributed by atoms with Gasteiger partial charge in [0.1, 0.15) is 5.60 Å². The number of nitrogens with one attached hydrogen (secondary N) is 2. The molecule has 0 bridgehead atoms. The molecule has 0 aromatic carbocycles. The van der Waals surface area contributed by atoms with Crippen molar-refractivity contribution < 1.29 is 9.53 Å². The molecule has 1 aliphatic rings. The third-order valence-electron chi connectivity index (χ3n) is 3.92. The average molecular weight is 356 g/mol. The maximum Gasteiger partial charge on any atom is 0.410 e. The predicted octanol–water partition coefficient (Wildman–Crippen LogP) is 1.89. The Morgan fingerprint density at radius 1 is 1.20 bits per heavy atom. The zero-order chi connectivity index (χ0) is 18.7. The summed E-state index contributed by atoms with van der Waals surface area (Å²) in [6.45, 7) is 13.9. The first kappa shape index (κ1) is 21.5. The highest BCUT2D eigenvalue weighted by molar-refractivity contribution is 5.79. The largest absolute Gasteiger partial charge is 0.444 e. The zero-order valence-electron chi connectivity index (χ0n) is 16.7. The fourth-order valence-corrected chi connectivity index (χ4v) is 2.60. The zero-order valence-corrected chi connectivity index (χ0v) is 16.7. The van der Waals surface area contributed by atoms with Crippen LogP contribution in [0, 0.1) is 0 Å². The number of likely N-dealkylation sites (tertiary alicyclic amines) is 1. The molecule has 1 aliphatic heterocycles. The second-order valence-electron chi connectivity index (χ2n) is 7.49. The monoisotopic (exact) mass is 355 g/mol. The van der Waals surface area contributed by atoms with Crippen LogP contribution >= 0.6 is 0 Å². The summed E-state index contributed by atoms with van der Waals surface area (Å²) in [5, 5.41) is 6.53. The number of hydrogen-bond acceptors (Lipinski definition) is 4. The second kappa shape index (κ2) is 11.2. The summed E-state index contributed by atoms with van der Waals surface area (Å²) >= 11 is 0. The number of carbonyl (C=O) groups excluding carboxylic acids is 1. The topological polar surface area (TPSA) is 69.2 Å². The van der Waals surface area contributed by atoms with E-state index >= 15 is 0 Å². The van der Waals surface area contributed by atoms with Crippen LogP contribution in [0.5, 0.6) is 0 Å². The van der Waals surface area contributed by atoms with E-state index in [0.29, 0.717) is 13.1 Å². The molecule has 2 N–H and O–H groups in total. The highest BCUT2D eigenvalue weighted by Crippen LogP contribution is 2.09. The molecule has 0 aromatic heterocycles. The predicted molar refractivity (Wildman–Crippen MR) is 103 cm³/mol. The molecule has 1 fully saturated rings. The number of likely N-dealkylation sites (N-methyl/N-ethyl adjacent to an activating group) is 1. The molecule has 7 heteroatoms. The lowest BCUT2D eigenvalue weighted by atomic mass is 10.1. The Kier molecular flexibility index (Phi) is 9.63. The number of aliphatic imine (C=N–C) groups is 1. The lowest BCUT2D eigenvalue weighted by Crippen LogP contribution is -2.43. The maximum absolute atomic E-state index is 11.9. The molecule has 0 spiro atoms. The van der Waals surface area contributed by atoms with Gasteiger partial charge in [0.05, 0.1) is 6.54 Å². The van der Waals surface area contributed by atoms with Crippen molar-refractivity contribution in [2.24, 2.45) is 4.99 Å². The molecule has 0 atom stereocenters. The van der Waals surface area contributed by atoms with Gasteiger partial charge < -0.3 is 25.2 Å². The van der Waals surface area contributed by atoms with E-state index in [0.717, 1.165) is 25.6 Å². The van der Waals surface area contributed by atoms with Gasteiger partial charge >= 0.3 is 6.09 Å². The van der Waals surface area contributed by atoms with Gasteiger partial charge in [-0.05, 0) is 53.6 Å². The molecule has 0 aromatic rings. The highest BCUT2D eigenvalue weighted by atomic mass is 16.6. The fourth-order valence-electron chi connectivity index (χ4n) is 2.60. The first-order valence-corrected chi connectivity index (χ1v) is 9.50. The lowest BCUT2D eigenvalue weighted by molar-refractivity contribution is 0.0302. The minimum atomic E-state index is -0.469. The number of rotatable bonds is 7. The highest BCUT2D eigenvalue weighted by Gasteiger charge is 2.19. The van der Waals surface area contributed by atoms with Crippen LogP contribution in [0.4, 0.5) is 4.79 Å². The summed E-state index contributed by atoms with van der Waals surface area (Å²) in [4.78, 5) is 20.6. The summed E-state index contributed by atoms with van der Waals surface area (Å²) in [5.41, 5.74) is -0.469. The summed E-state index contributed by atoms with van der Waals surface area (Å²) in [6.07, 6.45) is 3.66. The van der Waals surface area contributed by atoms with Gasteiger partial charge in [0, 0.05) is 33.2 Å². The van der Waals surface area contributed by atoms with Crippen LogP contribution in [0.3, 0.4) is 0 Å². The Morgan fingerprint density at radius 3 is 2.48 bits per heavy atom. The van der Waals surface area contributed by atoms with Crippen LogP contribution in [-0.2, 0) is 4.74 Å². The third kappa shape index (κ3) is 10.2. The standard InChI is InChI=1S/C18H37N5O2/c1-6-19-16(21-11-15-23-12-8-7-9-13-23)20-10-14-22(5)17(24)25-18(2,3)4/h6-15H2,1-5H3,(H2,19,20,21). The number of guanidine groups is 1. The van der Waals surface area contributed by atoms with E-state index in [1.807, 2.05) is 20.8 Å². The van der Waals surface area contributed by atoms with E-state index < -0.39 is 5.60 Å². The third-order valence-corrected chi connectivity index (χ3v) is 3.92. The first-order chi connectivity index (χ1) is 11.8. The molecule has 1 rings (SSSR count). The molecule has 1 amide bonds. The number of nitrogens with zero attached hydrogens (tertiary/aromatic N) is 3. The lowest BCUT2D eigenvalue weighted by Gasteiger charge is -2.26.